The van der Waals surface area contributed by atoms with Gasteiger partial charge in [-0.25, -0.2) is 0 Å². The molecule has 0 bridgehead atoms. The van der Waals surface area contributed by atoms with Crippen LogP contribution in [-0.2, 0) is 15.6 Å². The van der Waals surface area contributed by atoms with Crippen molar-refractivity contribution in [2.75, 3.05) is 6.54 Å². The van der Waals surface area contributed by atoms with Gasteiger partial charge in [0.15, 0.2) is 0 Å². The lowest BCUT2D eigenvalue weighted by molar-refractivity contribution is 0.196. The van der Waals surface area contributed by atoms with Crippen molar-refractivity contribution >= 4 is 17.4 Å². The van der Waals surface area contributed by atoms with Gasteiger partial charge in [-0.2, -0.15) is 0 Å². The third kappa shape index (κ3) is 6.89. The van der Waals surface area contributed by atoms with Gasteiger partial charge in [-0.15, -0.1) is 0 Å². The monoisotopic (exact) mass is 506 g/mol. The fourth-order valence-corrected chi connectivity index (χ4v) is 6.02. The zero-order valence-electron chi connectivity index (χ0n) is 23.2. The van der Waals surface area contributed by atoms with Crippen molar-refractivity contribution in [1.82, 2.24) is 10.6 Å². The van der Waals surface area contributed by atoms with Crippen LogP contribution >= 0.6 is 12.2 Å². The molecule has 0 unspecified atom stereocenters. The van der Waals surface area contributed by atoms with Gasteiger partial charge in [-0.1, -0.05) is 109 Å². The van der Waals surface area contributed by atoms with E-state index >= 15 is 0 Å². The van der Waals surface area contributed by atoms with Crippen molar-refractivity contribution in [2.45, 2.75) is 115 Å². The Morgan fingerprint density at radius 3 is 1.81 bits per heavy atom. The second-order valence-electron chi connectivity index (χ2n) is 13.0. The van der Waals surface area contributed by atoms with Crippen LogP contribution in [0, 0.1) is 0 Å². The van der Waals surface area contributed by atoms with E-state index < -0.39 is 0 Å². The summed E-state index contributed by atoms with van der Waals surface area (Å²) < 4.78 is 6.25. The van der Waals surface area contributed by atoms with Gasteiger partial charge in [-0.05, 0) is 58.1 Å². The second kappa shape index (κ2) is 11.2. The summed E-state index contributed by atoms with van der Waals surface area (Å²) in [7, 11) is 0. The molecule has 0 aromatic heterocycles. The number of ether oxygens (including phenoxy) is 1. The Labute approximate surface area is 224 Å². The lowest BCUT2D eigenvalue weighted by Gasteiger charge is -2.28. The number of thiocarbonyl (C=S) groups is 1. The number of hydrogen-bond donors (Lipinski definition) is 2. The average molecular weight is 507 g/mol. The summed E-state index contributed by atoms with van der Waals surface area (Å²) in [5, 5.41) is 7.84. The summed E-state index contributed by atoms with van der Waals surface area (Å²) in [6.07, 6.45) is 7.37. The van der Waals surface area contributed by atoms with Crippen LogP contribution in [0.2, 0.25) is 0 Å². The molecule has 1 saturated heterocycles. The molecule has 0 radical (unpaired) electrons. The van der Waals surface area contributed by atoms with Crippen molar-refractivity contribution in [1.29, 1.82) is 0 Å². The Kier molecular flexibility index (Phi) is 8.46. The number of hydrogen-bond acceptors (Lipinski definition) is 3. The van der Waals surface area contributed by atoms with Gasteiger partial charge in [0.05, 0.1) is 0 Å². The van der Waals surface area contributed by atoms with Crippen LogP contribution < -0.4 is 10.6 Å². The zero-order valence-corrected chi connectivity index (χ0v) is 24.0. The molecular weight excluding hydrogens is 460 g/mol. The fraction of sp³-hybridized carbons (Fsp3) is 0.594. The van der Waals surface area contributed by atoms with Gasteiger partial charge in [0.1, 0.15) is 6.10 Å². The molecule has 0 spiro atoms. The molecule has 2 aliphatic rings. The summed E-state index contributed by atoms with van der Waals surface area (Å²) in [6, 6.07) is 19.3. The van der Waals surface area contributed by atoms with Crippen LogP contribution in [-0.4, -0.2) is 29.9 Å². The summed E-state index contributed by atoms with van der Waals surface area (Å²) in [5.41, 5.74) is 5.74. The first-order valence-corrected chi connectivity index (χ1v) is 14.3. The van der Waals surface area contributed by atoms with E-state index in [2.05, 4.69) is 101 Å². The predicted molar refractivity (Wildman–Crippen MR) is 156 cm³/mol. The third-order valence-electron chi connectivity index (χ3n) is 8.00. The second-order valence-corrected chi connectivity index (χ2v) is 13.3. The lowest BCUT2D eigenvalue weighted by atomic mass is 9.80. The molecule has 2 fully saturated rings. The highest BCUT2D eigenvalue weighted by Crippen LogP contribution is 2.35. The van der Waals surface area contributed by atoms with Gasteiger partial charge in [0.2, 0.25) is 0 Å². The Balaban J connectivity index is 1.51. The van der Waals surface area contributed by atoms with E-state index in [1.165, 1.54) is 54.4 Å². The molecule has 3 nitrogen and oxygen atoms in total. The van der Waals surface area contributed by atoms with E-state index in [0.717, 1.165) is 13.0 Å². The average Bonchev–Trinajstić information content (AvgIpc) is 3.27. The van der Waals surface area contributed by atoms with Crippen LogP contribution in [0.25, 0.3) is 0 Å². The van der Waals surface area contributed by atoms with Gasteiger partial charge in [-0.3, -0.25) is 0 Å². The van der Waals surface area contributed by atoms with Crippen molar-refractivity contribution in [3.05, 3.63) is 70.8 Å². The number of rotatable bonds is 5. The van der Waals surface area contributed by atoms with Crippen molar-refractivity contribution in [3.63, 3.8) is 0 Å². The Bertz CT molecular complexity index is 937. The van der Waals surface area contributed by atoms with Crippen molar-refractivity contribution < 1.29 is 4.74 Å². The molecule has 4 heteroatoms. The maximum absolute atomic E-state index is 6.25. The molecule has 2 N–H and O–H groups in total. The first-order chi connectivity index (χ1) is 17.0. The van der Waals surface area contributed by atoms with Gasteiger partial charge in [0.25, 0.3) is 5.17 Å². The highest BCUT2D eigenvalue weighted by Gasteiger charge is 2.34. The molecule has 0 amide bonds. The molecule has 2 atom stereocenters. The Morgan fingerprint density at radius 1 is 0.833 bits per heavy atom. The van der Waals surface area contributed by atoms with E-state index in [-0.39, 0.29) is 22.9 Å². The smallest absolute Gasteiger partial charge is 0.257 e. The molecule has 1 heterocycles. The van der Waals surface area contributed by atoms with Crippen LogP contribution in [0.15, 0.2) is 48.5 Å². The largest absolute Gasteiger partial charge is 0.466 e. The van der Waals surface area contributed by atoms with Crippen LogP contribution in [0.4, 0.5) is 0 Å². The summed E-state index contributed by atoms with van der Waals surface area (Å²) >= 11 is 5.60. The molecule has 4 rings (SSSR count). The van der Waals surface area contributed by atoms with Crippen molar-refractivity contribution in [2.24, 2.45) is 0 Å². The maximum Gasteiger partial charge on any atom is 0.257 e. The van der Waals surface area contributed by atoms with E-state index in [1.54, 1.807) is 0 Å². The third-order valence-corrected chi connectivity index (χ3v) is 8.21. The lowest BCUT2D eigenvalue weighted by Crippen LogP contribution is -2.38. The zero-order chi connectivity index (χ0) is 25.9. The molecule has 2 aromatic rings. The van der Waals surface area contributed by atoms with Crippen molar-refractivity contribution in [3.8, 4) is 0 Å². The summed E-state index contributed by atoms with van der Waals surface area (Å²) in [5.74, 6) is 0.265. The normalized spacial score (nSPS) is 21.5. The Hall–Kier alpha value is -1.91. The number of benzene rings is 2. The quantitative estimate of drug-likeness (QED) is 0.415. The first-order valence-electron chi connectivity index (χ1n) is 13.9. The van der Waals surface area contributed by atoms with Crippen LogP contribution in [0.5, 0.6) is 0 Å². The highest BCUT2D eigenvalue weighted by atomic mass is 32.1. The molecular formula is C32H46N2OS. The molecule has 1 aliphatic carbocycles. The maximum atomic E-state index is 6.25. The molecule has 1 aliphatic heterocycles. The van der Waals surface area contributed by atoms with Crippen LogP contribution in [0.3, 0.4) is 0 Å². The standard InChI is InChI=1S/C32H46N2OS/c1-31(2,3)24-16-12-22(13-17-24)29(23-14-18-25(19-15-23)32(4,5)6)28-20-27(21-33-28)35-30(36)34-26-10-8-7-9-11-26/h12-19,26-29,33H,7-11,20-21H2,1-6H3,(H,34,36)/t27-,28-/m1/s1. The Morgan fingerprint density at radius 2 is 1.33 bits per heavy atom. The molecule has 1 saturated carbocycles. The number of nitrogens with one attached hydrogen (secondary N) is 2. The minimum absolute atomic E-state index is 0.101. The first kappa shape index (κ1) is 27.1. The molecule has 196 valence electrons. The van der Waals surface area contributed by atoms with E-state index in [9.17, 15) is 0 Å². The van der Waals surface area contributed by atoms with Gasteiger partial charge >= 0.3 is 0 Å². The van der Waals surface area contributed by atoms with Crippen LogP contribution in [0.1, 0.15) is 108 Å². The summed E-state index contributed by atoms with van der Waals surface area (Å²) in [6.45, 7) is 14.5. The van der Waals surface area contributed by atoms with E-state index in [0.29, 0.717) is 17.3 Å². The topological polar surface area (TPSA) is 33.3 Å². The molecule has 36 heavy (non-hydrogen) atoms. The van der Waals surface area contributed by atoms with E-state index in [4.69, 9.17) is 17.0 Å². The minimum atomic E-state index is 0.101. The summed E-state index contributed by atoms with van der Waals surface area (Å²) in [4.78, 5) is 0. The SMILES string of the molecule is CC(C)(C)c1ccc(C(c2ccc(C(C)(C)C)cc2)[C@H]2C[C@@H](OC(=S)NC3CCCCC3)CN2)cc1. The fourth-order valence-electron chi connectivity index (χ4n) is 5.71. The van der Waals surface area contributed by atoms with Gasteiger partial charge < -0.3 is 15.4 Å². The molecule has 2 aromatic carbocycles. The highest BCUT2D eigenvalue weighted by molar-refractivity contribution is 7.80. The predicted octanol–water partition coefficient (Wildman–Crippen LogP) is 7.37. The van der Waals surface area contributed by atoms with E-state index in [1.807, 2.05) is 0 Å². The van der Waals surface area contributed by atoms with Gasteiger partial charge in [0, 0.05) is 31.0 Å². The minimum Gasteiger partial charge on any atom is -0.466 e.